The molecule has 4 nitrogen and oxygen atoms in total. The maximum atomic E-state index is 12.4. The number of halogens is 1. The molecule has 3 rings (SSSR count). The Morgan fingerprint density at radius 3 is 2.57 bits per heavy atom. The highest BCUT2D eigenvalue weighted by atomic mass is 35.5. The second kappa shape index (κ2) is 6.34. The Morgan fingerprint density at radius 1 is 1.19 bits per heavy atom. The largest absolute Gasteiger partial charge is 0.392 e. The van der Waals surface area contributed by atoms with Crippen LogP contribution in [0.25, 0.3) is 0 Å². The average Bonchev–Trinajstić information content (AvgIpc) is 2.93. The van der Waals surface area contributed by atoms with E-state index in [1.165, 1.54) is 0 Å². The summed E-state index contributed by atoms with van der Waals surface area (Å²) in [6, 6.07) is 7.65. The summed E-state index contributed by atoms with van der Waals surface area (Å²) in [7, 11) is 0. The summed E-state index contributed by atoms with van der Waals surface area (Å²) in [5.74, 6) is 0.0670. The number of aliphatic hydroxyl groups excluding tert-OH is 1. The smallest absolute Gasteiger partial charge is 0.253 e. The second-order valence-corrected chi connectivity index (χ2v) is 6.41. The van der Waals surface area contributed by atoms with Gasteiger partial charge in [-0.2, -0.15) is 0 Å². The number of β-amino-alcohol motifs (C(OH)–C–C–N with tert-alkyl or cyclic N) is 1. The molecule has 1 unspecified atom stereocenters. The highest BCUT2D eigenvalue weighted by Crippen LogP contribution is 2.23. The van der Waals surface area contributed by atoms with Gasteiger partial charge in [-0.1, -0.05) is 17.7 Å². The van der Waals surface area contributed by atoms with Crippen LogP contribution in [0, 0.1) is 0 Å². The number of nitrogens with zero attached hydrogens (tertiary/aromatic N) is 2. The number of aliphatic hydroxyl groups is 1. The van der Waals surface area contributed by atoms with Crippen molar-refractivity contribution in [1.29, 1.82) is 0 Å². The molecule has 2 aliphatic heterocycles. The number of benzene rings is 1. The minimum Gasteiger partial charge on any atom is -0.392 e. The van der Waals surface area contributed by atoms with Gasteiger partial charge < -0.3 is 10.0 Å². The lowest BCUT2D eigenvalue weighted by Crippen LogP contribution is -2.46. The van der Waals surface area contributed by atoms with Crippen molar-refractivity contribution in [2.24, 2.45) is 0 Å². The molecule has 0 saturated carbocycles. The van der Waals surface area contributed by atoms with Crippen LogP contribution in [0.5, 0.6) is 0 Å². The molecule has 1 atom stereocenters. The van der Waals surface area contributed by atoms with E-state index < -0.39 is 0 Å². The Hall–Kier alpha value is -1.10. The Balaban J connectivity index is 1.57. The van der Waals surface area contributed by atoms with E-state index in [1.807, 2.05) is 17.0 Å². The zero-order valence-corrected chi connectivity index (χ0v) is 12.8. The summed E-state index contributed by atoms with van der Waals surface area (Å²) in [5, 5.41) is 10.2. The molecular formula is C16H21ClN2O2. The van der Waals surface area contributed by atoms with Crippen LogP contribution in [0.2, 0.25) is 5.02 Å². The van der Waals surface area contributed by atoms with Crippen LogP contribution >= 0.6 is 11.6 Å². The van der Waals surface area contributed by atoms with E-state index in [0.717, 1.165) is 45.4 Å². The lowest BCUT2D eigenvalue weighted by atomic mass is 10.0. The number of hydrogen-bond donors (Lipinski definition) is 1. The van der Waals surface area contributed by atoms with Gasteiger partial charge in [0.2, 0.25) is 0 Å². The van der Waals surface area contributed by atoms with Crippen LogP contribution in [-0.2, 0) is 0 Å². The number of rotatable bonds is 2. The average molecular weight is 309 g/mol. The molecule has 0 bridgehead atoms. The maximum Gasteiger partial charge on any atom is 0.253 e. The Kier molecular flexibility index (Phi) is 4.48. The molecule has 1 N–H and O–H groups in total. The van der Waals surface area contributed by atoms with Gasteiger partial charge in [-0.25, -0.2) is 0 Å². The van der Waals surface area contributed by atoms with E-state index in [-0.39, 0.29) is 12.0 Å². The van der Waals surface area contributed by atoms with Crippen molar-refractivity contribution < 1.29 is 9.90 Å². The Bertz CT molecular complexity index is 515. The lowest BCUT2D eigenvalue weighted by molar-refractivity contribution is 0.0627. The van der Waals surface area contributed by atoms with Gasteiger partial charge in [-0.3, -0.25) is 9.69 Å². The monoisotopic (exact) mass is 308 g/mol. The predicted molar refractivity (Wildman–Crippen MR) is 82.6 cm³/mol. The van der Waals surface area contributed by atoms with E-state index in [4.69, 9.17) is 11.6 Å². The quantitative estimate of drug-likeness (QED) is 0.909. The topological polar surface area (TPSA) is 43.8 Å². The van der Waals surface area contributed by atoms with Crippen LogP contribution < -0.4 is 0 Å². The molecule has 0 spiro atoms. The molecule has 1 aromatic carbocycles. The number of likely N-dealkylation sites (tertiary alicyclic amines) is 2. The van der Waals surface area contributed by atoms with Crippen LogP contribution in [0.15, 0.2) is 24.3 Å². The van der Waals surface area contributed by atoms with E-state index in [1.54, 1.807) is 12.1 Å². The summed E-state index contributed by atoms with van der Waals surface area (Å²) in [4.78, 5) is 16.7. The molecule has 0 aliphatic carbocycles. The molecule has 1 aromatic rings. The lowest BCUT2D eigenvalue weighted by Gasteiger charge is -2.36. The molecule has 2 aliphatic rings. The molecule has 2 heterocycles. The van der Waals surface area contributed by atoms with Crippen molar-refractivity contribution in [3.05, 3.63) is 34.9 Å². The van der Waals surface area contributed by atoms with Crippen LogP contribution in [0.1, 0.15) is 29.6 Å². The van der Waals surface area contributed by atoms with Gasteiger partial charge >= 0.3 is 0 Å². The van der Waals surface area contributed by atoms with Gasteiger partial charge in [0.05, 0.1) is 6.10 Å². The van der Waals surface area contributed by atoms with Crippen LogP contribution in [0.4, 0.5) is 0 Å². The SMILES string of the molecule is O=C(c1cccc(Cl)c1)N1CCC(N2CCC(O)C2)CC1. The molecule has 2 fully saturated rings. The maximum absolute atomic E-state index is 12.4. The summed E-state index contributed by atoms with van der Waals surface area (Å²) in [6.45, 7) is 3.33. The fraction of sp³-hybridized carbons (Fsp3) is 0.562. The van der Waals surface area contributed by atoms with Gasteiger partial charge in [-0.15, -0.1) is 0 Å². The summed E-state index contributed by atoms with van der Waals surface area (Å²) >= 11 is 5.95. The highest BCUT2D eigenvalue weighted by molar-refractivity contribution is 6.30. The van der Waals surface area contributed by atoms with E-state index in [9.17, 15) is 9.90 Å². The van der Waals surface area contributed by atoms with E-state index >= 15 is 0 Å². The van der Waals surface area contributed by atoms with Gasteiger partial charge in [0, 0.05) is 42.8 Å². The summed E-state index contributed by atoms with van der Waals surface area (Å²) in [5.41, 5.74) is 0.664. The zero-order valence-electron chi connectivity index (χ0n) is 12.0. The summed E-state index contributed by atoms with van der Waals surface area (Å²) < 4.78 is 0. The number of carbonyl (C=O) groups is 1. The van der Waals surface area contributed by atoms with Gasteiger partial charge in [0.15, 0.2) is 0 Å². The Morgan fingerprint density at radius 2 is 1.95 bits per heavy atom. The molecule has 1 amide bonds. The fourth-order valence-corrected chi connectivity index (χ4v) is 3.53. The normalized spacial score (nSPS) is 24.5. The number of hydrogen-bond acceptors (Lipinski definition) is 3. The van der Waals surface area contributed by atoms with Crippen molar-refractivity contribution in [2.75, 3.05) is 26.2 Å². The predicted octanol–water partition coefficient (Wildman–Crippen LogP) is 2.01. The third-order valence-electron chi connectivity index (χ3n) is 4.53. The number of amides is 1. The standard InChI is InChI=1S/C16H21ClN2O2/c17-13-3-1-2-12(10-13)16(21)18-7-4-14(5-8-18)19-9-6-15(20)11-19/h1-3,10,14-15,20H,4-9,11H2. The first-order chi connectivity index (χ1) is 10.1. The van der Waals surface area contributed by atoms with Crippen LogP contribution in [-0.4, -0.2) is 59.1 Å². The van der Waals surface area contributed by atoms with Crippen molar-refractivity contribution >= 4 is 17.5 Å². The van der Waals surface area contributed by atoms with Gasteiger partial charge in [0.1, 0.15) is 0 Å². The number of carbonyl (C=O) groups excluding carboxylic acids is 1. The first kappa shape index (κ1) is 14.8. The van der Waals surface area contributed by atoms with E-state index in [2.05, 4.69) is 4.90 Å². The van der Waals surface area contributed by atoms with Crippen molar-refractivity contribution in [1.82, 2.24) is 9.80 Å². The first-order valence-electron chi connectivity index (χ1n) is 7.60. The third-order valence-corrected chi connectivity index (χ3v) is 4.77. The third kappa shape index (κ3) is 3.39. The Labute approximate surface area is 130 Å². The molecule has 5 heteroatoms. The van der Waals surface area contributed by atoms with Gasteiger partial charge in [-0.05, 0) is 37.5 Å². The fourth-order valence-electron chi connectivity index (χ4n) is 3.34. The molecule has 0 radical (unpaired) electrons. The molecule has 114 valence electrons. The van der Waals surface area contributed by atoms with Crippen LogP contribution in [0.3, 0.4) is 0 Å². The second-order valence-electron chi connectivity index (χ2n) is 5.97. The van der Waals surface area contributed by atoms with Gasteiger partial charge in [0.25, 0.3) is 5.91 Å². The molecular weight excluding hydrogens is 288 g/mol. The minimum atomic E-state index is -0.170. The van der Waals surface area contributed by atoms with Crippen molar-refractivity contribution in [3.63, 3.8) is 0 Å². The molecule has 2 saturated heterocycles. The highest BCUT2D eigenvalue weighted by Gasteiger charge is 2.31. The minimum absolute atomic E-state index is 0.0670. The zero-order chi connectivity index (χ0) is 14.8. The van der Waals surface area contributed by atoms with Crippen molar-refractivity contribution in [2.45, 2.75) is 31.4 Å². The van der Waals surface area contributed by atoms with Crippen molar-refractivity contribution in [3.8, 4) is 0 Å². The molecule has 21 heavy (non-hydrogen) atoms. The molecule has 0 aromatic heterocycles. The first-order valence-corrected chi connectivity index (χ1v) is 7.98. The number of piperidine rings is 1. The van der Waals surface area contributed by atoms with E-state index in [0.29, 0.717) is 16.6 Å². The summed E-state index contributed by atoms with van der Waals surface area (Å²) in [6.07, 6.45) is 2.68.